The number of halogens is 3. The van der Waals surface area contributed by atoms with Crippen molar-refractivity contribution in [3.63, 3.8) is 0 Å². The Balaban J connectivity index is 1.61. The number of hydrogen-bond donors (Lipinski definition) is 2. The fraction of sp³-hybridized carbons (Fsp3) is 0.208. The fourth-order valence-corrected chi connectivity index (χ4v) is 2.90. The standard InChI is InChI=1S/C24H23F3N2O4/c1-2-31-22-16-17(12-13-21(22)33-15-14-32-18-8-4-3-5-9-18)23(30)29-28-20-11-7-6-10-19(20)24(25,26)27/h3-13,16,28H,2,14-15H2,1H3,(H,29,30). The molecule has 6 nitrogen and oxygen atoms in total. The van der Waals surface area contributed by atoms with E-state index < -0.39 is 17.6 Å². The molecule has 0 radical (unpaired) electrons. The third-order valence-electron chi connectivity index (χ3n) is 4.40. The first kappa shape index (κ1) is 23.8. The summed E-state index contributed by atoms with van der Waals surface area (Å²) in [6.45, 7) is 2.67. The maximum Gasteiger partial charge on any atom is 0.418 e. The van der Waals surface area contributed by atoms with Gasteiger partial charge in [-0.25, -0.2) is 0 Å². The van der Waals surface area contributed by atoms with Gasteiger partial charge in [-0.1, -0.05) is 30.3 Å². The summed E-state index contributed by atoms with van der Waals surface area (Å²) < 4.78 is 56.2. The maximum atomic E-state index is 13.1. The highest BCUT2D eigenvalue weighted by Gasteiger charge is 2.33. The number of rotatable bonds is 10. The number of ether oxygens (including phenoxy) is 3. The fourth-order valence-electron chi connectivity index (χ4n) is 2.90. The number of anilines is 1. The first-order chi connectivity index (χ1) is 15.9. The Labute approximate surface area is 189 Å². The molecule has 3 aromatic carbocycles. The molecule has 0 aromatic heterocycles. The van der Waals surface area contributed by atoms with Crippen LogP contribution in [0.25, 0.3) is 0 Å². The van der Waals surface area contributed by atoms with Crippen molar-refractivity contribution in [3.8, 4) is 17.2 Å². The van der Waals surface area contributed by atoms with Crippen molar-refractivity contribution in [2.24, 2.45) is 0 Å². The van der Waals surface area contributed by atoms with E-state index in [1.54, 1.807) is 13.0 Å². The maximum absolute atomic E-state index is 13.1. The van der Waals surface area contributed by atoms with Crippen molar-refractivity contribution >= 4 is 11.6 Å². The molecule has 33 heavy (non-hydrogen) atoms. The lowest BCUT2D eigenvalue weighted by Crippen LogP contribution is -2.30. The van der Waals surface area contributed by atoms with E-state index in [0.29, 0.717) is 24.7 Å². The van der Waals surface area contributed by atoms with Gasteiger partial charge in [0.15, 0.2) is 11.5 Å². The van der Waals surface area contributed by atoms with E-state index >= 15 is 0 Å². The smallest absolute Gasteiger partial charge is 0.418 e. The van der Waals surface area contributed by atoms with Gasteiger partial charge in [-0.2, -0.15) is 13.2 Å². The number of nitrogens with one attached hydrogen (secondary N) is 2. The molecule has 0 aliphatic heterocycles. The summed E-state index contributed by atoms with van der Waals surface area (Å²) in [5.74, 6) is 0.839. The van der Waals surface area contributed by atoms with Crippen LogP contribution in [0.5, 0.6) is 17.2 Å². The molecule has 0 saturated carbocycles. The molecule has 0 bridgehead atoms. The van der Waals surface area contributed by atoms with Crippen LogP contribution < -0.4 is 25.1 Å². The quantitative estimate of drug-likeness (QED) is 0.317. The van der Waals surface area contributed by atoms with Gasteiger partial charge in [0, 0.05) is 5.56 Å². The summed E-state index contributed by atoms with van der Waals surface area (Å²) >= 11 is 0. The minimum Gasteiger partial charge on any atom is -0.490 e. The van der Waals surface area contributed by atoms with Gasteiger partial charge in [0.25, 0.3) is 5.91 Å². The van der Waals surface area contributed by atoms with Crippen LogP contribution in [0.2, 0.25) is 0 Å². The Morgan fingerprint density at radius 3 is 2.27 bits per heavy atom. The summed E-state index contributed by atoms with van der Waals surface area (Å²) in [5.41, 5.74) is 3.65. The molecule has 0 aliphatic carbocycles. The number of hydrazine groups is 1. The Morgan fingerprint density at radius 1 is 0.848 bits per heavy atom. The zero-order valence-corrected chi connectivity index (χ0v) is 17.8. The lowest BCUT2D eigenvalue weighted by Gasteiger charge is -2.16. The van der Waals surface area contributed by atoms with E-state index in [9.17, 15) is 18.0 Å². The zero-order valence-electron chi connectivity index (χ0n) is 17.8. The Kier molecular flexibility index (Phi) is 8.01. The number of amides is 1. The summed E-state index contributed by atoms with van der Waals surface area (Å²) in [6.07, 6.45) is -4.56. The van der Waals surface area contributed by atoms with Crippen molar-refractivity contribution in [3.05, 3.63) is 83.9 Å². The average Bonchev–Trinajstić information content (AvgIpc) is 2.81. The van der Waals surface area contributed by atoms with Gasteiger partial charge in [-0.3, -0.25) is 15.6 Å². The molecule has 3 aromatic rings. The first-order valence-corrected chi connectivity index (χ1v) is 10.2. The van der Waals surface area contributed by atoms with Gasteiger partial charge in [-0.05, 0) is 49.4 Å². The van der Waals surface area contributed by atoms with Crippen LogP contribution in [0.15, 0.2) is 72.8 Å². The van der Waals surface area contributed by atoms with Crippen LogP contribution in [-0.2, 0) is 6.18 Å². The highest BCUT2D eigenvalue weighted by atomic mass is 19.4. The van der Waals surface area contributed by atoms with Crippen LogP contribution >= 0.6 is 0 Å². The number of alkyl halides is 3. The van der Waals surface area contributed by atoms with Crippen LogP contribution in [0.4, 0.5) is 18.9 Å². The molecule has 2 N–H and O–H groups in total. The van der Waals surface area contributed by atoms with Crippen LogP contribution in [-0.4, -0.2) is 25.7 Å². The van der Waals surface area contributed by atoms with Crippen LogP contribution in [0.1, 0.15) is 22.8 Å². The van der Waals surface area contributed by atoms with E-state index in [-0.39, 0.29) is 17.9 Å². The monoisotopic (exact) mass is 460 g/mol. The number of hydrogen-bond acceptors (Lipinski definition) is 5. The van der Waals surface area contributed by atoms with Crippen molar-refractivity contribution in [1.29, 1.82) is 0 Å². The number of carbonyl (C=O) groups excluding carboxylic acids is 1. The summed E-state index contributed by atoms with van der Waals surface area (Å²) in [6, 6.07) is 18.7. The van der Waals surface area contributed by atoms with E-state index in [2.05, 4.69) is 10.9 Å². The van der Waals surface area contributed by atoms with E-state index in [1.165, 1.54) is 30.3 Å². The predicted octanol–water partition coefficient (Wildman–Crippen LogP) is 5.32. The molecule has 0 fully saturated rings. The van der Waals surface area contributed by atoms with E-state index in [4.69, 9.17) is 14.2 Å². The molecule has 9 heteroatoms. The summed E-state index contributed by atoms with van der Waals surface area (Å²) in [4.78, 5) is 12.5. The molecule has 0 aliphatic rings. The van der Waals surface area contributed by atoms with Crippen molar-refractivity contribution in [2.45, 2.75) is 13.1 Å². The second-order valence-electron chi connectivity index (χ2n) is 6.73. The predicted molar refractivity (Wildman–Crippen MR) is 118 cm³/mol. The highest BCUT2D eigenvalue weighted by Crippen LogP contribution is 2.34. The molecule has 1 amide bonds. The second kappa shape index (κ2) is 11.1. The van der Waals surface area contributed by atoms with Crippen LogP contribution in [0, 0.1) is 0 Å². The van der Waals surface area contributed by atoms with E-state index in [0.717, 1.165) is 11.8 Å². The van der Waals surface area contributed by atoms with Gasteiger partial charge < -0.3 is 14.2 Å². The highest BCUT2D eigenvalue weighted by molar-refractivity contribution is 5.95. The number of benzene rings is 3. The molecule has 0 atom stereocenters. The number of para-hydroxylation sites is 2. The van der Waals surface area contributed by atoms with Crippen LogP contribution in [0.3, 0.4) is 0 Å². The third kappa shape index (κ3) is 6.80. The lowest BCUT2D eigenvalue weighted by molar-refractivity contribution is -0.137. The van der Waals surface area contributed by atoms with Gasteiger partial charge in [0.2, 0.25) is 0 Å². The zero-order chi connectivity index (χ0) is 23.7. The van der Waals surface area contributed by atoms with Gasteiger partial charge in [0.1, 0.15) is 19.0 Å². The molecular weight excluding hydrogens is 437 g/mol. The number of carbonyl (C=O) groups is 1. The Morgan fingerprint density at radius 2 is 1.55 bits per heavy atom. The van der Waals surface area contributed by atoms with Gasteiger partial charge >= 0.3 is 6.18 Å². The molecule has 0 unspecified atom stereocenters. The molecule has 0 spiro atoms. The third-order valence-corrected chi connectivity index (χ3v) is 4.40. The molecule has 0 saturated heterocycles. The largest absolute Gasteiger partial charge is 0.490 e. The minimum atomic E-state index is -4.56. The minimum absolute atomic E-state index is 0.184. The second-order valence-corrected chi connectivity index (χ2v) is 6.73. The molecule has 0 heterocycles. The lowest BCUT2D eigenvalue weighted by atomic mass is 10.1. The summed E-state index contributed by atoms with van der Waals surface area (Å²) in [7, 11) is 0. The topological polar surface area (TPSA) is 68.8 Å². The molecular formula is C24H23F3N2O4. The molecule has 174 valence electrons. The average molecular weight is 460 g/mol. The van der Waals surface area contributed by atoms with E-state index in [1.807, 2.05) is 30.3 Å². The Bertz CT molecular complexity index is 1060. The normalized spacial score (nSPS) is 10.9. The molecule has 3 rings (SSSR count). The van der Waals surface area contributed by atoms with Gasteiger partial charge in [-0.15, -0.1) is 0 Å². The first-order valence-electron chi connectivity index (χ1n) is 10.2. The van der Waals surface area contributed by atoms with Crippen molar-refractivity contribution < 1.29 is 32.2 Å². The van der Waals surface area contributed by atoms with Crippen molar-refractivity contribution in [1.82, 2.24) is 5.43 Å². The van der Waals surface area contributed by atoms with Gasteiger partial charge in [0.05, 0.1) is 17.9 Å². The summed E-state index contributed by atoms with van der Waals surface area (Å²) in [5, 5.41) is 0. The SMILES string of the molecule is CCOc1cc(C(=O)NNc2ccccc2C(F)(F)F)ccc1OCCOc1ccccc1. The Hall–Kier alpha value is -3.88. The van der Waals surface area contributed by atoms with Crippen molar-refractivity contribution in [2.75, 3.05) is 25.2 Å².